The number of carbonyl (C=O) groups is 2. The molecule has 1 N–H and O–H groups in total. The number of para-hydroxylation sites is 2. The van der Waals surface area contributed by atoms with Crippen molar-refractivity contribution in [3.8, 4) is 0 Å². The van der Waals surface area contributed by atoms with Crippen LogP contribution in [0.1, 0.15) is 40.5 Å². The van der Waals surface area contributed by atoms with Gasteiger partial charge in [-0.1, -0.05) is 26.0 Å². The Labute approximate surface area is 131 Å². The summed E-state index contributed by atoms with van der Waals surface area (Å²) in [5.74, 6) is 0.0958. The summed E-state index contributed by atoms with van der Waals surface area (Å²) in [5, 5.41) is 3.43. The van der Waals surface area contributed by atoms with Crippen LogP contribution < -0.4 is 10.2 Å². The number of nitrogens with zero attached hydrogens (tertiary/aromatic N) is 1. The number of ketones is 1. The van der Waals surface area contributed by atoms with E-state index in [1.54, 1.807) is 11.8 Å². The Morgan fingerprint density at radius 3 is 2.64 bits per heavy atom. The number of Topliss-reactive ketones (excluding diaryl/α,β-unsaturated/α-hetero) is 1. The lowest BCUT2D eigenvalue weighted by molar-refractivity contribution is -0.118. The summed E-state index contributed by atoms with van der Waals surface area (Å²) in [7, 11) is 0. The molecule has 0 spiro atoms. The van der Waals surface area contributed by atoms with E-state index in [0.717, 1.165) is 29.1 Å². The fourth-order valence-corrected chi connectivity index (χ4v) is 3.66. The summed E-state index contributed by atoms with van der Waals surface area (Å²) in [6, 6.07) is 7.50. The van der Waals surface area contributed by atoms with Crippen LogP contribution in [0.4, 0.5) is 11.4 Å². The van der Waals surface area contributed by atoms with Gasteiger partial charge < -0.3 is 10.2 Å². The number of rotatable bonds is 0. The standard InChI is InChI=1S/C18H22N2O2/c1-11-17-14(9-18(3,4)10-16(17)22)19-13-7-5-6-8-15(13)20(11)12(2)21/h5-8,11,19H,9-10H2,1-4H3/t11-/m0/s1. The summed E-state index contributed by atoms with van der Waals surface area (Å²) in [4.78, 5) is 26.6. The molecule has 0 radical (unpaired) electrons. The minimum Gasteiger partial charge on any atom is -0.357 e. The zero-order valence-corrected chi connectivity index (χ0v) is 13.6. The lowest BCUT2D eigenvalue weighted by Crippen LogP contribution is -2.42. The smallest absolute Gasteiger partial charge is 0.224 e. The minimum absolute atomic E-state index is 0.0480. The molecule has 0 saturated heterocycles. The molecule has 1 heterocycles. The van der Waals surface area contributed by atoms with Crippen molar-refractivity contribution in [1.82, 2.24) is 0 Å². The summed E-state index contributed by atoms with van der Waals surface area (Å²) in [5.41, 5.74) is 3.39. The van der Waals surface area contributed by atoms with E-state index in [4.69, 9.17) is 0 Å². The first-order valence-electron chi connectivity index (χ1n) is 7.72. The number of benzene rings is 1. The lowest BCUT2D eigenvalue weighted by atomic mass is 9.74. The Hall–Kier alpha value is -2.10. The van der Waals surface area contributed by atoms with Gasteiger partial charge in [0.15, 0.2) is 5.78 Å². The first-order valence-corrected chi connectivity index (χ1v) is 7.72. The molecule has 1 aliphatic heterocycles. The van der Waals surface area contributed by atoms with Gasteiger partial charge in [-0.15, -0.1) is 0 Å². The van der Waals surface area contributed by atoms with E-state index in [-0.39, 0.29) is 23.1 Å². The van der Waals surface area contributed by atoms with E-state index in [9.17, 15) is 9.59 Å². The van der Waals surface area contributed by atoms with Gasteiger partial charge in [-0.25, -0.2) is 0 Å². The Morgan fingerprint density at radius 2 is 1.95 bits per heavy atom. The average molecular weight is 298 g/mol. The van der Waals surface area contributed by atoms with Crippen molar-refractivity contribution >= 4 is 23.1 Å². The highest BCUT2D eigenvalue weighted by Crippen LogP contribution is 2.43. The fraction of sp³-hybridized carbons (Fsp3) is 0.444. The van der Waals surface area contributed by atoms with Crippen molar-refractivity contribution in [3.63, 3.8) is 0 Å². The molecule has 3 rings (SSSR count). The van der Waals surface area contributed by atoms with Crippen LogP contribution in [0.15, 0.2) is 35.5 Å². The number of anilines is 2. The molecule has 22 heavy (non-hydrogen) atoms. The highest BCUT2D eigenvalue weighted by molar-refractivity contribution is 6.05. The van der Waals surface area contributed by atoms with Gasteiger partial charge in [0.05, 0.1) is 17.4 Å². The predicted molar refractivity (Wildman–Crippen MR) is 87.7 cm³/mol. The molecule has 116 valence electrons. The van der Waals surface area contributed by atoms with Crippen LogP contribution in [0.2, 0.25) is 0 Å². The van der Waals surface area contributed by atoms with E-state index < -0.39 is 0 Å². The number of nitrogens with one attached hydrogen (secondary N) is 1. The zero-order valence-electron chi connectivity index (χ0n) is 13.6. The Morgan fingerprint density at radius 1 is 1.27 bits per heavy atom. The van der Waals surface area contributed by atoms with Gasteiger partial charge in [0.1, 0.15) is 0 Å². The number of carbonyl (C=O) groups excluding carboxylic acids is 2. The van der Waals surface area contributed by atoms with E-state index in [1.165, 1.54) is 0 Å². The summed E-state index contributed by atoms with van der Waals surface area (Å²) in [6.45, 7) is 7.72. The third-order valence-corrected chi connectivity index (χ3v) is 4.51. The van der Waals surface area contributed by atoms with Crippen molar-refractivity contribution in [3.05, 3.63) is 35.5 Å². The molecule has 1 aromatic rings. The zero-order chi connectivity index (χ0) is 16.1. The molecule has 4 nitrogen and oxygen atoms in total. The molecule has 0 saturated carbocycles. The molecule has 0 bridgehead atoms. The molecular formula is C18H22N2O2. The van der Waals surface area contributed by atoms with Crippen LogP contribution in [0.5, 0.6) is 0 Å². The Bertz CT molecular complexity index is 688. The first kappa shape index (κ1) is 14.8. The fourth-order valence-electron chi connectivity index (χ4n) is 3.66. The Kier molecular flexibility index (Phi) is 3.35. The second-order valence-electron chi connectivity index (χ2n) is 7.04. The van der Waals surface area contributed by atoms with Crippen molar-refractivity contribution < 1.29 is 9.59 Å². The number of hydrogen-bond donors (Lipinski definition) is 1. The summed E-state index contributed by atoms with van der Waals surface area (Å²) >= 11 is 0. The highest BCUT2D eigenvalue weighted by atomic mass is 16.2. The second-order valence-corrected chi connectivity index (χ2v) is 7.04. The van der Waals surface area contributed by atoms with Crippen molar-refractivity contribution in [2.75, 3.05) is 10.2 Å². The van der Waals surface area contributed by atoms with Crippen LogP contribution in [0, 0.1) is 5.41 Å². The number of hydrogen-bond acceptors (Lipinski definition) is 3. The normalized spacial score (nSPS) is 23.4. The van der Waals surface area contributed by atoms with Crippen LogP contribution in [-0.2, 0) is 9.59 Å². The monoisotopic (exact) mass is 298 g/mol. The maximum absolute atomic E-state index is 12.7. The van der Waals surface area contributed by atoms with E-state index in [2.05, 4.69) is 19.2 Å². The quantitative estimate of drug-likeness (QED) is 0.797. The largest absolute Gasteiger partial charge is 0.357 e. The molecule has 0 aromatic heterocycles. The Balaban J connectivity index is 2.19. The van der Waals surface area contributed by atoms with E-state index in [1.807, 2.05) is 31.2 Å². The minimum atomic E-state index is -0.243. The maximum Gasteiger partial charge on any atom is 0.224 e. The molecule has 1 aliphatic carbocycles. The summed E-state index contributed by atoms with van der Waals surface area (Å²) < 4.78 is 0. The predicted octanol–water partition coefficient (Wildman–Crippen LogP) is 3.50. The second kappa shape index (κ2) is 4.97. The number of fused-ring (bicyclic) bond motifs is 1. The number of amides is 1. The molecular weight excluding hydrogens is 276 g/mol. The first-order chi connectivity index (χ1) is 10.3. The van der Waals surface area contributed by atoms with Crippen LogP contribution in [0.3, 0.4) is 0 Å². The van der Waals surface area contributed by atoms with Gasteiger partial charge in [0, 0.05) is 24.6 Å². The molecule has 1 aromatic carbocycles. The molecule has 1 atom stereocenters. The molecule has 1 amide bonds. The molecule has 0 fully saturated rings. The van der Waals surface area contributed by atoms with Gasteiger partial charge in [0.2, 0.25) is 5.91 Å². The van der Waals surface area contributed by atoms with Crippen molar-refractivity contribution in [2.45, 2.75) is 46.6 Å². The van der Waals surface area contributed by atoms with Gasteiger partial charge >= 0.3 is 0 Å². The maximum atomic E-state index is 12.7. The number of allylic oxidation sites excluding steroid dienone is 1. The van der Waals surface area contributed by atoms with Crippen molar-refractivity contribution in [2.24, 2.45) is 5.41 Å². The van der Waals surface area contributed by atoms with Gasteiger partial charge in [0.25, 0.3) is 0 Å². The molecule has 4 heteroatoms. The van der Waals surface area contributed by atoms with Gasteiger partial charge in [-0.3, -0.25) is 9.59 Å². The van der Waals surface area contributed by atoms with Crippen LogP contribution in [-0.4, -0.2) is 17.7 Å². The third kappa shape index (κ3) is 2.32. The highest BCUT2D eigenvalue weighted by Gasteiger charge is 2.39. The van der Waals surface area contributed by atoms with Crippen LogP contribution in [0.25, 0.3) is 0 Å². The molecule has 2 aliphatic rings. The van der Waals surface area contributed by atoms with Gasteiger partial charge in [-0.05, 0) is 30.9 Å². The van der Waals surface area contributed by atoms with Crippen LogP contribution >= 0.6 is 0 Å². The summed E-state index contributed by atoms with van der Waals surface area (Å²) in [6.07, 6.45) is 1.35. The molecule has 0 unspecified atom stereocenters. The van der Waals surface area contributed by atoms with E-state index in [0.29, 0.717) is 6.42 Å². The van der Waals surface area contributed by atoms with Crippen molar-refractivity contribution in [1.29, 1.82) is 0 Å². The van der Waals surface area contributed by atoms with Gasteiger partial charge in [-0.2, -0.15) is 0 Å². The third-order valence-electron chi connectivity index (χ3n) is 4.51. The SMILES string of the molecule is CC(=O)N1c2ccccc2NC2=C(C(=O)CC(C)(C)C2)[C@@H]1C. The topological polar surface area (TPSA) is 49.4 Å². The van der Waals surface area contributed by atoms with E-state index >= 15 is 0 Å². The average Bonchev–Trinajstić information content (AvgIpc) is 2.50. The lowest BCUT2D eigenvalue weighted by Gasteiger charge is -2.35.